The molecule has 19 heteroatoms. The molecule has 2 unspecified atom stereocenters. The summed E-state index contributed by atoms with van der Waals surface area (Å²) in [5.41, 5.74) is 0. The van der Waals surface area contributed by atoms with Crippen LogP contribution in [-0.4, -0.2) is 96.7 Å². The number of esters is 4. The molecule has 0 aromatic rings. The molecule has 0 saturated heterocycles. The number of hydrogen-bond donors (Lipinski definition) is 3. The van der Waals surface area contributed by atoms with Crippen LogP contribution in [0.5, 0.6) is 0 Å². The second-order valence-corrected chi connectivity index (χ2v) is 27.4. The monoisotopic (exact) mass is 1240 g/mol. The molecular formula is C65H126O17P2. The fraction of sp³-hybridized carbons (Fsp3) is 0.938. The smallest absolute Gasteiger partial charge is 0.462 e. The standard InChI is InChI=1S/C65H126O17P2/c1-7-9-11-13-15-17-21-25-29-36-42-48-63(68)76-53-60(81-64(69)49-43-37-30-26-23-20-18-19-22-24-27-33-39-45-57(3)4)55-79-83(71,72)77-51-59(66)52-78-84(73,74)80-56-61(54-75-62(67)47-41-35-28-16-14-12-10-8-2)82-65(70)50-44-38-32-31-34-40-46-58(5)6/h57-61,66H,7-56H2,1-6H3,(H,71,72)(H,73,74)/t59-,60-,61-/m1/s1. The number of phosphoric acid groups is 2. The molecule has 0 saturated carbocycles. The van der Waals surface area contributed by atoms with Crippen molar-refractivity contribution in [2.45, 2.75) is 342 Å². The van der Waals surface area contributed by atoms with Crippen LogP contribution in [-0.2, 0) is 65.4 Å². The number of phosphoric ester groups is 2. The Labute approximate surface area is 511 Å². The van der Waals surface area contributed by atoms with Crippen molar-refractivity contribution in [1.82, 2.24) is 0 Å². The average Bonchev–Trinajstić information content (AvgIpc) is 3.66. The van der Waals surface area contributed by atoms with Crippen molar-refractivity contribution in [3.8, 4) is 0 Å². The highest BCUT2D eigenvalue weighted by Gasteiger charge is 2.30. The third kappa shape index (κ3) is 59.0. The number of hydrogen-bond acceptors (Lipinski definition) is 15. The van der Waals surface area contributed by atoms with Crippen LogP contribution >= 0.6 is 15.6 Å². The summed E-state index contributed by atoms with van der Waals surface area (Å²) in [6.45, 7) is 9.40. The van der Waals surface area contributed by atoms with E-state index in [-0.39, 0.29) is 25.7 Å². The fourth-order valence-electron chi connectivity index (χ4n) is 9.71. The molecule has 0 aromatic carbocycles. The molecule has 0 aliphatic rings. The van der Waals surface area contributed by atoms with Gasteiger partial charge in [-0.1, -0.05) is 273 Å². The Morgan fingerprint density at radius 3 is 0.810 bits per heavy atom. The summed E-state index contributed by atoms with van der Waals surface area (Å²) < 4.78 is 68.0. The molecule has 0 bridgehead atoms. The zero-order chi connectivity index (χ0) is 62.2. The van der Waals surface area contributed by atoms with Gasteiger partial charge in [0.25, 0.3) is 0 Å². The molecule has 0 fully saturated rings. The van der Waals surface area contributed by atoms with E-state index in [0.29, 0.717) is 31.6 Å². The number of carbonyl (C=O) groups excluding carboxylic acids is 4. The third-order valence-corrected chi connectivity index (χ3v) is 16.9. The van der Waals surface area contributed by atoms with Gasteiger partial charge >= 0.3 is 39.5 Å². The summed E-state index contributed by atoms with van der Waals surface area (Å²) in [7, 11) is -9.88. The van der Waals surface area contributed by atoms with Gasteiger partial charge in [-0.2, -0.15) is 0 Å². The van der Waals surface area contributed by atoms with Crippen LogP contribution in [0.4, 0.5) is 0 Å². The molecule has 0 aromatic heterocycles. The number of unbranched alkanes of at least 4 members (excludes halogenated alkanes) is 34. The van der Waals surface area contributed by atoms with Gasteiger partial charge in [0.05, 0.1) is 26.4 Å². The highest BCUT2D eigenvalue weighted by molar-refractivity contribution is 7.47. The van der Waals surface area contributed by atoms with Gasteiger partial charge in [-0.05, 0) is 37.5 Å². The largest absolute Gasteiger partial charge is 0.472 e. The summed E-state index contributed by atoms with van der Waals surface area (Å²) in [6.07, 6.45) is 40.5. The van der Waals surface area contributed by atoms with Gasteiger partial charge < -0.3 is 33.8 Å². The summed E-state index contributed by atoms with van der Waals surface area (Å²) in [5.74, 6) is -0.681. The SMILES string of the molecule is CCCCCCCCCCCCCC(=O)OC[C@H](COP(=O)(O)OC[C@@H](O)COP(=O)(O)OC[C@@H](COC(=O)CCCCCCCCCC)OC(=O)CCCCCCCCC(C)C)OC(=O)CCCCCCCCCCCCCCCC(C)C. The molecule has 0 aliphatic heterocycles. The number of carbonyl (C=O) groups is 4. The molecule has 0 aliphatic carbocycles. The molecular weight excluding hydrogens is 1110 g/mol. The van der Waals surface area contributed by atoms with Crippen molar-refractivity contribution in [2.24, 2.45) is 11.8 Å². The second-order valence-electron chi connectivity index (χ2n) is 24.5. The van der Waals surface area contributed by atoms with E-state index in [2.05, 4.69) is 41.5 Å². The van der Waals surface area contributed by atoms with Gasteiger partial charge in [0.1, 0.15) is 19.3 Å². The maximum atomic E-state index is 13.0. The van der Waals surface area contributed by atoms with E-state index in [9.17, 15) is 43.2 Å². The average molecular weight is 1240 g/mol. The lowest BCUT2D eigenvalue weighted by atomic mass is 10.0. The van der Waals surface area contributed by atoms with Crippen molar-refractivity contribution in [2.75, 3.05) is 39.6 Å². The van der Waals surface area contributed by atoms with E-state index in [4.69, 9.17) is 37.0 Å². The Hall–Kier alpha value is -1.94. The van der Waals surface area contributed by atoms with E-state index in [1.165, 1.54) is 135 Å². The van der Waals surface area contributed by atoms with Crippen LogP contribution < -0.4 is 0 Å². The minimum absolute atomic E-state index is 0.102. The minimum atomic E-state index is -4.95. The van der Waals surface area contributed by atoms with Gasteiger partial charge in [-0.25, -0.2) is 9.13 Å². The first-order valence-corrected chi connectivity index (χ1v) is 37.0. The first-order valence-electron chi connectivity index (χ1n) is 34.0. The molecule has 0 rings (SSSR count). The van der Waals surface area contributed by atoms with E-state index >= 15 is 0 Å². The molecule has 498 valence electrons. The second kappa shape index (κ2) is 57.5. The van der Waals surface area contributed by atoms with E-state index in [1.54, 1.807) is 0 Å². The predicted octanol–water partition coefficient (Wildman–Crippen LogP) is 18.0. The lowest BCUT2D eigenvalue weighted by molar-refractivity contribution is -0.161. The predicted molar refractivity (Wildman–Crippen MR) is 335 cm³/mol. The molecule has 0 spiro atoms. The summed E-state index contributed by atoms with van der Waals surface area (Å²) in [4.78, 5) is 72.1. The number of aliphatic hydroxyl groups excluding tert-OH is 1. The first kappa shape index (κ1) is 82.1. The van der Waals surface area contributed by atoms with E-state index in [1.807, 2.05) is 0 Å². The molecule has 5 atom stereocenters. The molecule has 84 heavy (non-hydrogen) atoms. The maximum Gasteiger partial charge on any atom is 0.472 e. The third-order valence-electron chi connectivity index (χ3n) is 15.0. The van der Waals surface area contributed by atoms with Crippen LogP contribution in [0.1, 0.15) is 324 Å². The summed E-state index contributed by atoms with van der Waals surface area (Å²) in [6, 6.07) is 0. The van der Waals surface area contributed by atoms with Crippen LogP contribution in [0, 0.1) is 11.8 Å². The Bertz CT molecular complexity index is 1650. The molecule has 0 amide bonds. The van der Waals surface area contributed by atoms with Crippen molar-refractivity contribution >= 4 is 39.5 Å². The lowest BCUT2D eigenvalue weighted by Gasteiger charge is -2.21. The van der Waals surface area contributed by atoms with Crippen molar-refractivity contribution in [3.05, 3.63) is 0 Å². The number of aliphatic hydroxyl groups is 1. The normalized spacial score (nSPS) is 14.3. The van der Waals surface area contributed by atoms with Gasteiger partial charge in [0.15, 0.2) is 12.2 Å². The fourth-order valence-corrected chi connectivity index (χ4v) is 11.3. The number of ether oxygens (including phenoxy) is 4. The Morgan fingerprint density at radius 1 is 0.321 bits per heavy atom. The maximum absolute atomic E-state index is 13.0. The highest BCUT2D eigenvalue weighted by atomic mass is 31.2. The van der Waals surface area contributed by atoms with Crippen LogP contribution in [0.15, 0.2) is 0 Å². The van der Waals surface area contributed by atoms with E-state index < -0.39 is 97.5 Å². The molecule has 3 N–H and O–H groups in total. The lowest BCUT2D eigenvalue weighted by Crippen LogP contribution is -2.30. The molecule has 0 radical (unpaired) electrons. The van der Waals surface area contributed by atoms with Gasteiger partial charge in [0, 0.05) is 25.7 Å². The van der Waals surface area contributed by atoms with Crippen molar-refractivity contribution < 1.29 is 80.2 Å². The zero-order valence-corrected chi connectivity index (χ0v) is 56.0. The van der Waals surface area contributed by atoms with Gasteiger partial charge in [-0.3, -0.25) is 37.3 Å². The van der Waals surface area contributed by atoms with Crippen LogP contribution in [0.3, 0.4) is 0 Å². The van der Waals surface area contributed by atoms with Crippen LogP contribution in [0.2, 0.25) is 0 Å². The van der Waals surface area contributed by atoms with Crippen molar-refractivity contribution in [3.63, 3.8) is 0 Å². The minimum Gasteiger partial charge on any atom is -0.462 e. The number of rotatable bonds is 64. The zero-order valence-electron chi connectivity index (χ0n) is 54.2. The Balaban J connectivity index is 5.20. The molecule has 17 nitrogen and oxygen atoms in total. The summed E-state index contributed by atoms with van der Waals surface area (Å²) >= 11 is 0. The molecule has 0 heterocycles. The quantitative estimate of drug-likeness (QED) is 0.0222. The van der Waals surface area contributed by atoms with Gasteiger partial charge in [0.2, 0.25) is 0 Å². The van der Waals surface area contributed by atoms with Crippen molar-refractivity contribution in [1.29, 1.82) is 0 Å². The highest BCUT2D eigenvalue weighted by Crippen LogP contribution is 2.45. The topological polar surface area (TPSA) is 237 Å². The van der Waals surface area contributed by atoms with Gasteiger partial charge in [-0.15, -0.1) is 0 Å². The van der Waals surface area contributed by atoms with Crippen LogP contribution in [0.25, 0.3) is 0 Å². The Morgan fingerprint density at radius 2 is 0.548 bits per heavy atom. The Kier molecular flexibility index (Phi) is 56.2. The van der Waals surface area contributed by atoms with E-state index in [0.717, 1.165) is 102 Å². The summed E-state index contributed by atoms with van der Waals surface area (Å²) in [5, 5.41) is 10.5. The first-order chi connectivity index (χ1) is 40.4.